The molecule has 3 rings (SSSR count). The highest BCUT2D eigenvalue weighted by atomic mass is 16.7. The number of rotatable bonds is 1. The van der Waals surface area contributed by atoms with Crippen molar-refractivity contribution >= 4 is 16.9 Å². The lowest BCUT2D eigenvalue weighted by molar-refractivity contribution is 0.0691. The van der Waals surface area contributed by atoms with E-state index in [4.69, 9.17) is 14.6 Å². The largest absolute Gasteiger partial charge is 0.477 e. The number of H-pyrrole nitrogens is 1. The van der Waals surface area contributed by atoms with E-state index in [0.717, 1.165) is 10.9 Å². The molecular formula is C10H7NO4. The first-order chi connectivity index (χ1) is 7.25. The number of fused-ring (bicyclic) bond motifs is 3. The SMILES string of the molecule is O=C(O)c1cc2c3c(ccc2[nH]1)OCO3. The number of carboxylic acid groups (broad SMARTS) is 1. The van der Waals surface area contributed by atoms with E-state index < -0.39 is 5.97 Å². The van der Waals surface area contributed by atoms with Gasteiger partial charge in [-0.1, -0.05) is 0 Å². The van der Waals surface area contributed by atoms with Crippen molar-refractivity contribution in [2.75, 3.05) is 6.79 Å². The Labute approximate surface area is 84.2 Å². The van der Waals surface area contributed by atoms with Crippen LogP contribution in [0, 0.1) is 0 Å². The zero-order chi connectivity index (χ0) is 10.4. The third-order valence-corrected chi connectivity index (χ3v) is 2.37. The fourth-order valence-electron chi connectivity index (χ4n) is 1.69. The Hall–Kier alpha value is -2.17. The number of ether oxygens (including phenoxy) is 2. The number of benzene rings is 1. The Morgan fingerprint density at radius 1 is 1.40 bits per heavy atom. The summed E-state index contributed by atoms with van der Waals surface area (Å²) >= 11 is 0. The van der Waals surface area contributed by atoms with Gasteiger partial charge in [0.2, 0.25) is 6.79 Å². The topological polar surface area (TPSA) is 71.5 Å². The first kappa shape index (κ1) is 8.16. The van der Waals surface area contributed by atoms with Crippen LogP contribution in [0.15, 0.2) is 18.2 Å². The van der Waals surface area contributed by atoms with Gasteiger partial charge in [0, 0.05) is 5.39 Å². The number of carbonyl (C=O) groups is 1. The van der Waals surface area contributed by atoms with E-state index in [2.05, 4.69) is 4.98 Å². The molecule has 0 atom stereocenters. The summed E-state index contributed by atoms with van der Waals surface area (Å²) in [7, 11) is 0. The maximum absolute atomic E-state index is 10.8. The van der Waals surface area contributed by atoms with Crippen molar-refractivity contribution in [1.82, 2.24) is 4.98 Å². The minimum Gasteiger partial charge on any atom is -0.477 e. The molecule has 0 bridgehead atoms. The summed E-state index contributed by atoms with van der Waals surface area (Å²) in [6.07, 6.45) is 0. The van der Waals surface area contributed by atoms with Crippen LogP contribution < -0.4 is 9.47 Å². The highest BCUT2D eigenvalue weighted by Crippen LogP contribution is 2.39. The fourth-order valence-corrected chi connectivity index (χ4v) is 1.69. The third-order valence-electron chi connectivity index (χ3n) is 2.37. The Balaban J connectivity index is 2.31. The van der Waals surface area contributed by atoms with Crippen molar-refractivity contribution in [2.45, 2.75) is 0 Å². The number of hydrogen-bond donors (Lipinski definition) is 2. The molecule has 0 amide bonds. The lowest BCUT2D eigenvalue weighted by Crippen LogP contribution is -1.94. The molecule has 5 nitrogen and oxygen atoms in total. The van der Waals surface area contributed by atoms with Gasteiger partial charge in [0.1, 0.15) is 5.69 Å². The van der Waals surface area contributed by atoms with E-state index in [0.29, 0.717) is 11.5 Å². The molecule has 0 fully saturated rings. The molecule has 1 aromatic carbocycles. The molecule has 2 heterocycles. The number of hydrogen-bond acceptors (Lipinski definition) is 3. The summed E-state index contributed by atoms with van der Waals surface area (Å²) in [5, 5.41) is 9.57. The normalized spacial score (nSPS) is 13.3. The molecule has 5 heteroatoms. The minimum atomic E-state index is -0.987. The summed E-state index contributed by atoms with van der Waals surface area (Å²) in [5.41, 5.74) is 0.880. The summed E-state index contributed by atoms with van der Waals surface area (Å²) in [4.78, 5) is 13.6. The van der Waals surface area contributed by atoms with Crippen LogP contribution in [0.25, 0.3) is 10.9 Å². The second-order valence-electron chi connectivity index (χ2n) is 3.25. The summed E-state index contributed by atoms with van der Waals surface area (Å²) in [6, 6.07) is 5.08. The third kappa shape index (κ3) is 1.06. The predicted molar refractivity (Wildman–Crippen MR) is 51.4 cm³/mol. The van der Waals surface area contributed by atoms with E-state index in [-0.39, 0.29) is 12.5 Å². The van der Waals surface area contributed by atoms with Crippen molar-refractivity contribution in [2.24, 2.45) is 0 Å². The van der Waals surface area contributed by atoms with Gasteiger partial charge in [0.05, 0.1) is 5.52 Å². The first-order valence-corrected chi connectivity index (χ1v) is 4.40. The zero-order valence-electron chi connectivity index (χ0n) is 7.61. The summed E-state index contributed by atoms with van der Waals surface area (Å²) in [6.45, 7) is 0.183. The van der Waals surface area contributed by atoms with Crippen LogP contribution >= 0.6 is 0 Å². The minimum absolute atomic E-state index is 0.147. The molecule has 2 N–H and O–H groups in total. The lowest BCUT2D eigenvalue weighted by atomic mass is 10.2. The van der Waals surface area contributed by atoms with E-state index in [9.17, 15) is 4.79 Å². The second kappa shape index (κ2) is 2.66. The molecule has 0 spiro atoms. The van der Waals surface area contributed by atoms with E-state index in [1.807, 2.05) is 0 Å². The molecule has 0 radical (unpaired) electrons. The molecule has 1 aliphatic heterocycles. The van der Waals surface area contributed by atoms with E-state index >= 15 is 0 Å². The standard InChI is InChI=1S/C10H7NO4/c12-10(13)7-3-5-6(11-7)1-2-8-9(5)15-4-14-8/h1-3,11H,4H2,(H,12,13). The molecule has 1 aliphatic rings. The Morgan fingerprint density at radius 2 is 2.27 bits per heavy atom. The number of aromatic carboxylic acids is 1. The lowest BCUT2D eigenvalue weighted by Gasteiger charge is -1.95. The molecule has 0 aliphatic carbocycles. The van der Waals surface area contributed by atoms with Gasteiger partial charge in [-0.15, -0.1) is 0 Å². The molecule has 0 saturated carbocycles. The van der Waals surface area contributed by atoms with Crippen LogP contribution in [0.2, 0.25) is 0 Å². The van der Waals surface area contributed by atoms with Crippen LogP contribution in [0.3, 0.4) is 0 Å². The van der Waals surface area contributed by atoms with E-state index in [1.54, 1.807) is 18.2 Å². The monoisotopic (exact) mass is 205 g/mol. The van der Waals surface area contributed by atoms with Crippen LogP contribution in [0.5, 0.6) is 11.5 Å². The maximum Gasteiger partial charge on any atom is 0.352 e. The molecule has 15 heavy (non-hydrogen) atoms. The number of aromatic amines is 1. The highest BCUT2D eigenvalue weighted by Gasteiger charge is 2.19. The van der Waals surface area contributed by atoms with Gasteiger partial charge >= 0.3 is 5.97 Å². The van der Waals surface area contributed by atoms with Crippen LogP contribution in [-0.2, 0) is 0 Å². The van der Waals surface area contributed by atoms with Crippen LogP contribution in [-0.4, -0.2) is 22.9 Å². The average Bonchev–Trinajstić information content (AvgIpc) is 2.82. The maximum atomic E-state index is 10.8. The van der Waals surface area contributed by atoms with Gasteiger partial charge in [-0.25, -0.2) is 4.79 Å². The van der Waals surface area contributed by atoms with Gasteiger partial charge in [0.25, 0.3) is 0 Å². The Morgan fingerprint density at radius 3 is 3.07 bits per heavy atom. The van der Waals surface area contributed by atoms with Crippen molar-refractivity contribution in [3.63, 3.8) is 0 Å². The smallest absolute Gasteiger partial charge is 0.352 e. The first-order valence-electron chi connectivity index (χ1n) is 4.40. The van der Waals surface area contributed by atoms with Gasteiger partial charge in [0.15, 0.2) is 11.5 Å². The van der Waals surface area contributed by atoms with Gasteiger partial charge < -0.3 is 19.6 Å². The summed E-state index contributed by atoms with van der Waals surface area (Å²) < 4.78 is 10.5. The molecule has 0 saturated heterocycles. The number of aromatic nitrogens is 1. The van der Waals surface area contributed by atoms with Crippen molar-refractivity contribution in [1.29, 1.82) is 0 Å². The molecule has 1 aromatic heterocycles. The highest BCUT2D eigenvalue weighted by molar-refractivity contribution is 5.97. The summed E-state index contributed by atoms with van der Waals surface area (Å²) in [5.74, 6) is 0.272. The Kier molecular flexibility index (Phi) is 1.45. The average molecular weight is 205 g/mol. The fraction of sp³-hybridized carbons (Fsp3) is 0.100. The molecular weight excluding hydrogens is 198 g/mol. The molecule has 0 unspecified atom stereocenters. The predicted octanol–water partition coefficient (Wildman–Crippen LogP) is 1.59. The number of carboxylic acids is 1. The quantitative estimate of drug-likeness (QED) is 0.741. The number of nitrogens with one attached hydrogen (secondary N) is 1. The van der Waals surface area contributed by atoms with Gasteiger partial charge in [-0.2, -0.15) is 0 Å². The zero-order valence-corrected chi connectivity index (χ0v) is 7.61. The molecule has 76 valence electrons. The second-order valence-corrected chi connectivity index (χ2v) is 3.25. The van der Waals surface area contributed by atoms with Crippen LogP contribution in [0.4, 0.5) is 0 Å². The van der Waals surface area contributed by atoms with Gasteiger partial charge in [-0.3, -0.25) is 0 Å². The van der Waals surface area contributed by atoms with E-state index in [1.165, 1.54) is 0 Å². The van der Waals surface area contributed by atoms with Crippen molar-refractivity contribution in [3.05, 3.63) is 23.9 Å². The van der Waals surface area contributed by atoms with Crippen LogP contribution in [0.1, 0.15) is 10.5 Å². The van der Waals surface area contributed by atoms with Crippen molar-refractivity contribution < 1.29 is 19.4 Å². The molecule has 2 aromatic rings. The van der Waals surface area contributed by atoms with Crippen molar-refractivity contribution in [3.8, 4) is 11.5 Å². The Bertz CT molecular complexity index is 558. The van der Waals surface area contributed by atoms with Gasteiger partial charge in [-0.05, 0) is 18.2 Å².